The lowest BCUT2D eigenvalue weighted by atomic mass is 10.6. The first-order chi connectivity index (χ1) is 10.3. The van der Waals surface area contributed by atoms with Crippen molar-refractivity contribution in [3.05, 3.63) is 18.3 Å². The fourth-order valence-electron chi connectivity index (χ4n) is 1.50. The summed E-state index contributed by atoms with van der Waals surface area (Å²) in [5.74, 6) is 1.23. The maximum atomic E-state index is 12.0. The molecule has 2 N–H and O–H groups in total. The number of hydrogen-bond donors (Lipinski definition) is 2. The van der Waals surface area contributed by atoms with Crippen LogP contribution in [0.3, 0.4) is 0 Å². The fraction of sp³-hybridized carbons (Fsp3) is 0.455. The maximum Gasteiger partial charge on any atom is 0.258 e. The largest absolute Gasteiger partial charge is 0.347 e. The van der Waals surface area contributed by atoms with E-state index in [1.54, 1.807) is 38.0 Å². The maximum absolute atomic E-state index is 12.0. The molecular weight excluding hydrogens is 308 g/mol. The van der Waals surface area contributed by atoms with Crippen LogP contribution in [0.15, 0.2) is 17.6 Å². The Balaban J connectivity index is 2.22. The minimum atomic E-state index is -3.68. The van der Waals surface area contributed by atoms with Crippen LogP contribution in [0.5, 0.6) is 0 Å². The summed E-state index contributed by atoms with van der Waals surface area (Å²) in [5, 5.41) is -0.0118. The highest BCUT2D eigenvalue weighted by atomic mass is 32.2. The molecule has 0 aromatic carbocycles. The molecule has 2 aromatic rings. The van der Waals surface area contributed by atoms with Crippen LogP contribution < -0.4 is 14.5 Å². The molecule has 0 amide bonds. The van der Waals surface area contributed by atoms with Crippen LogP contribution in [0.2, 0.25) is 0 Å². The van der Waals surface area contributed by atoms with Gasteiger partial charge in [0.25, 0.3) is 10.0 Å². The number of nitrogens with zero attached hydrogens (tertiary/aromatic N) is 6. The fourth-order valence-corrected chi connectivity index (χ4v) is 2.38. The predicted octanol–water partition coefficient (Wildman–Crippen LogP) is -0.795. The van der Waals surface area contributed by atoms with Gasteiger partial charge in [-0.3, -0.25) is 0 Å². The van der Waals surface area contributed by atoms with Gasteiger partial charge in [0, 0.05) is 28.2 Å². The number of rotatable bonds is 6. The van der Waals surface area contributed by atoms with Crippen molar-refractivity contribution in [3.8, 4) is 0 Å². The summed E-state index contributed by atoms with van der Waals surface area (Å²) in [6, 6.07) is 0. The zero-order valence-electron chi connectivity index (χ0n) is 12.8. The SMILES string of the molecule is CN(C)c1nc(CNS(=O)(=O)c2cnc[nH]2)nc(N(C)C)n1. The molecule has 2 heterocycles. The van der Waals surface area contributed by atoms with E-state index < -0.39 is 10.0 Å². The lowest BCUT2D eigenvalue weighted by Gasteiger charge is -2.16. The summed E-state index contributed by atoms with van der Waals surface area (Å²) >= 11 is 0. The van der Waals surface area contributed by atoms with Crippen LogP contribution in [-0.4, -0.2) is 61.5 Å². The summed E-state index contributed by atoms with van der Waals surface area (Å²) in [6.45, 7) is -0.0500. The minimum absolute atomic E-state index is 0.0118. The number of hydrogen-bond acceptors (Lipinski definition) is 8. The van der Waals surface area contributed by atoms with E-state index in [2.05, 4.69) is 29.6 Å². The Labute approximate surface area is 128 Å². The van der Waals surface area contributed by atoms with Gasteiger partial charge in [0.15, 0.2) is 10.9 Å². The first kappa shape index (κ1) is 16.1. The van der Waals surface area contributed by atoms with Crippen molar-refractivity contribution in [2.45, 2.75) is 11.6 Å². The molecule has 120 valence electrons. The molecule has 11 heteroatoms. The van der Waals surface area contributed by atoms with Gasteiger partial charge in [0.2, 0.25) is 11.9 Å². The second-order valence-electron chi connectivity index (χ2n) is 4.88. The normalized spacial score (nSPS) is 11.5. The van der Waals surface area contributed by atoms with E-state index >= 15 is 0 Å². The van der Waals surface area contributed by atoms with E-state index in [1.165, 1.54) is 12.5 Å². The third-order valence-corrected chi connectivity index (χ3v) is 3.97. The number of sulfonamides is 1. The summed E-state index contributed by atoms with van der Waals surface area (Å²) in [5.41, 5.74) is 0. The van der Waals surface area contributed by atoms with Crippen molar-refractivity contribution in [1.29, 1.82) is 0 Å². The standard InChI is InChI=1S/C11H18N8O2S/c1-18(2)10-15-8(16-11(17-10)19(3)4)5-14-22(20,21)9-6-12-7-13-9/h6-7,14H,5H2,1-4H3,(H,12,13). The highest BCUT2D eigenvalue weighted by molar-refractivity contribution is 7.89. The Hall–Kier alpha value is -2.27. The zero-order chi connectivity index (χ0) is 16.3. The smallest absolute Gasteiger partial charge is 0.258 e. The summed E-state index contributed by atoms with van der Waals surface area (Å²) in [6.07, 6.45) is 2.53. The molecule has 0 saturated carbocycles. The van der Waals surface area contributed by atoms with E-state index in [1.807, 2.05) is 0 Å². The number of aromatic amines is 1. The minimum Gasteiger partial charge on any atom is -0.347 e. The lowest BCUT2D eigenvalue weighted by molar-refractivity contribution is 0.575. The second kappa shape index (κ2) is 6.23. The molecular formula is C11H18N8O2S. The molecule has 0 unspecified atom stereocenters. The Morgan fingerprint density at radius 1 is 1.09 bits per heavy atom. The van der Waals surface area contributed by atoms with Gasteiger partial charge in [-0.25, -0.2) is 18.1 Å². The van der Waals surface area contributed by atoms with Gasteiger partial charge >= 0.3 is 0 Å². The molecule has 0 aliphatic rings. The molecule has 0 atom stereocenters. The molecule has 10 nitrogen and oxygen atoms in total. The van der Waals surface area contributed by atoms with Gasteiger partial charge < -0.3 is 14.8 Å². The van der Waals surface area contributed by atoms with Gasteiger partial charge in [0.1, 0.15) is 0 Å². The van der Waals surface area contributed by atoms with Gasteiger partial charge in [0.05, 0.1) is 19.1 Å². The van der Waals surface area contributed by atoms with Crippen LogP contribution >= 0.6 is 0 Å². The number of H-pyrrole nitrogens is 1. The molecule has 22 heavy (non-hydrogen) atoms. The number of anilines is 2. The molecule has 0 fully saturated rings. The molecule has 2 aromatic heterocycles. The molecule has 2 rings (SSSR count). The Kier molecular flexibility index (Phi) is 4.56. The summed E-state index contributed by atoms with van der Waals surface area (Å²) in [7, 11) is 3.52. The van der Waals surface area contributed by atoms with Crippen LogP contribution in [0.4, 0.5) is 11.9 Å². The van der Waals surface area contributed by atoms with Crippen molar-refractivity contribution < 1.29 is 8.42 Å². The van der Waals surface area contributed by atoms with Gasteiger partial charge in [-0.05, 0) is 0 Å². The Bertz CT molecular complexity index is 700. The number of aromatic nitrogens is 5. The molecule has 0 saturated heterocycles. The number of imidazole rings is 1. The molecule has 0 aliphatic carbocycles. The third-order valence-electron chi connectivity index (χ3n) is 2.64. The first-order valence-electron chi connectivity index (χ1n) is 6.37. The van der Waals surface area contributed by atoms with E-state index in [9.17, 15) is 8.42 Å². The topological polar surface area (TPSA) is 120 Å². The van der Waals surface area contributed by atoms with Gasteiger partial charge in [-0.1, -0.05) is 0 Å². The van der Waals surface area contributed by atoms with Crippen molar-refractivity contribution >= 4 is 21.9 Å². The van der Waals surface area contributed by atoms with E-state index in [4.69, 9.17) is 0 Å². The van der Waals surface area contributed by atoms with Crippen molar-refractivity contribution in [3.63, 3.8) is 0 Å². The average Bonchev–Trinajstić information content (AvgIpc) is 3.00. The highest BCUT2D eigenvalue weighted by Crippen LogP contribution is 2.11. The first-order valence-corrected chi connectivity index (χ1v) is 7.85. The Morgan fingerprint density at radius 2 is 1.68 bits per heavy atom. The monoisotopic (exact) mass is 326 g/mol. The highest BCUT2D eigenvalue weighted by Gasteiger charge is 2.17. The second-order valence-corrected chi connectivity index (χ2v) is 6.62. The Morgan fingerprint density at radius 3 is 2.14 bits per heavy atom. The number of nitrogens with one attached hydrogen (secondary N) is 2. The predicted molar refractivity (Wildman–Crippen MR) is 81.1 cm³/mol. The van der Waals surface area contributed by atoms with Gasteiger partial charge in [-0.2, -0.15) is 15.0 Å². The van der Waals surface area contributed by atoms with Crippen molar-refractivity contribution in [2.75, 3.05) is 38.0 Å². The van der Waals surface area contributed by atoms with Crippen LogP contribution in [0.25, 0.3) is 0 Å². The van der Waals surface area contributed by atoms with Crippen molar-refractivity contribution in [2.24, 2.45) is 0 Å². The molecule has 0 bridgehead atoms. The average molecular weight is 326 g/mol. The zero-order valence-corrected chi connectivity index (χ0v) is 13.6. The van der Waals surface area contributed by atoms with E-state index in [0.29, 0.717) is 17.7 Å². The molecule has 0 spiro atoms. The van der Waals surface area contributed by atoms with E-state index in [0.717, 1.165) is 0 Å². The quantitative estimate of drug-likeness (QED) is 0.708. The third kappa shape index (κ3) is 3.68. The molecule has 0 aliphatic heterocycles. The van der Waals surface area contributed by atoms with Crippen LogP contribution in [-0.2, 0) is 16.6 Å². The van der Waals surface area contributed by atoms with Crippen LogP contribution in [0, 0.1) is 0 Å². The van der Waals surface area contributed by atoms with Crippen LogP contribution in [0.1, 0.15) is 5.82 Å². The lowest BCUT2D eigenvalue weighted by Crippen LogP contribution is -2.26. The summed E-state index contributed by atoms with van der Waals surface area (Å²) in [4.78, 5) is 22.4. The van der Waals surface area contributed by atoms with E-state index in [-0.39, 0.29) is 11.6 Å². The van der Waals surface area contributed by atoms with Gasteiger partial charge in [-0.15, -0.1) is 0 Å². The molecule has 0 radical (unpaired) electrons. The van der Waals surface area contributed by atoms with Crippen molar-refractivity contribution in [1.82, 2.24) is 29.6 Å². The summed E-state index contributed by atoms with van der Waals surface area (Å²) < 4.78 is 26.5.